The minimum absolute atomic E-state index is 0.138. The Bertz CT molecular complexity index is 451. The zero-order chi connectivity index (χ0) is 14.8. The first-order chi connectivity index (χ1) is 9.35. The first-order valence-electron chi connectivity index (χ1n) is 7.43. The second-order valence-corrected chi connectivity index (χ2v) is 6.71. The summed E-state index contributed by atoms with van der Waals surface area (Å²) in [6.45, 7) is 10.0. The Morgan fingerprint density at radius 3 is 2.20 bits per heavy atom. The number of piperidine rings is 1. The minimum atomic E-state index is -0.214. The number of benzene rings is 1. The van der Waals surface area contributed by atoms with Gasteiger partial charge in [0.05, 0.1) is 0 Å². The molecule has 0 atom stereocenters. The molecule has 1 aromatic carbocycles. The van der Waals surface area contributed by atoms with E-state index in [1.54, 1.807) is 0 Å². The maximum Gasteiger partial charge on any atom is 0.253 e. The molecule has 3 heteroatoms. The van der Waals surface area contributed by atoms with Crippen LogP contribution in [0.3, 0.4) is 0 Å². The lowest BCUT2D eigenvalue weighted by Gasteiger charge is -2.30. The zero-order valence-electron chi connectivity index (χ0n) is 13.0. The summed E-state index contributed by atoms with van der Waals surface area (Å²) in [7, 11) is 0. The molecule has 1 aromatic rings. The van der Waals surface area contributed by atoms with Gasteiger partial charge in [0.2, 0.25) is 0 Å². The third kappa shape index (κ3) is 3.99. The number of nitrogens with zero attached hydrogens (tertiary/aromatic N) is 1. The Kier molecular flexibility index (Phi) is 4.36. The molecule has 0 bridgehead atoms. The maximum absolute atomic E-state index is 12.4. The molecule has 1 heterocycles. The van der Waals surface area contributed by atoms with Crippen LogP contribution in [0.4, 0.5) is 0 Å². The predicted octanol–water partition coefficient (Wildman–Crippen LogP) is 3.74. The van der Waals surface area contributed by atoms with Crippen LogP contribution in [0.15, 0.2) is 24.3 Å². The van der Waals surface area contributed by atoms with Gasteiger partial charge in [-0.3, -0.25) is 4.79 Å². The van der Waals surface area contributed by atoms with Crippen molar-refractivity contribution in [3.63, 3.8) is 0 Å². The molecule has 2 rings (SSSR count). The molecule has 20 heavy (non-hydrogen) atoms. The summed E-state index contributed by atoms with van der Waals surface area (Å²) in [6, 6.07) is 7.49. The van der Waals surface area contributed by atoms with E-state index in [9.17, 15) is 4.79 Å². The maximum atomic E-state index is 12.4. The molecule has 0 unspecified atom stereocenters. The van der Waals surface area contributed by atoms with E-state index in [1.807, 2.05) is 49.9 Å². The van der Waals surface area contributed by atoms with Gasteiger partial charge in [0, 0.05) is 18.7 Å². The number of carbonyl (C=O) groups excluding carboxylic acids is 1. The Balaban J connectivity index is 2.00. The van der Waals surface area contributed by atoms with Gasteiger partial charge >= 0.3 is 0 Å². The van der Waals surface area contributed by atoms with Crippen LogP contribution in [0.2, 0.25) is 0 Å². The number of amides is 1. The average Bonchev–Trinajstić information content (AvgIpc) is 2.38. The molecule has 0 radical (unpaired) electrons. The zero-order valence-corrected chi connectivity index (χ0v) is 13.0. The first kappa shape index (κ1) is 14.9. The number of rotatable bonds is 2. The number of hydrogen-bond donors (Lipinski definition) is 0. The Hall–Kier alpha value is -1.51. The van der Waals surface area contributed by atoms with E-state index in [0.29, 0.717) is 0 Å². The Morgan fingerprint density at radius 2 is 1.70 bits per heavy atom. The minimum Gasteiger partial charge on any atom is -0.488 e. The molecule has 110 valence electrons. The second-order valence-electron chi connectivity index (χ2n) is 6.71. The quantitative estimate of drug-likeness (QED) is 0.823. The van der Waals surface area contributed by atoms with Crippen LogP contribution in [0.5, 0.6) is 5.75 Å². The molecular formula is C17H25NO2. The normalized spacial score (nSPS) is 17.1. The number of hydrogen-bond acceptors (Lipinski definition) is 2. The summed E-state index contributed by atoms with van der Waals surface area (Å²) in [5.74, 6) is 1.68. The largest absolute Gasteiger partial charge is 0.488 e. The van der Waals surface area contributed by atoms with Crippen LogP contribution >= 0.6 is 0 Å². The van der Waals surface area contributed by atoms with Crippen molar-refractivity contribution in [3.8, 4) is 5.75 Å². The third-order valence-corrected chi connectivity index (χ3v) is 3.60. The molecule has 0 saturated carbocycles. The lowest BCUT2D eigenvalue weighted by molar-refractivity contribution is 0.0697. The van der Waals surface area contributed by atoms with Gasteiger partial charge in [-0.15, -0.1) is 0 Å². The summed E-state index contributed by atoms with van der Waals surface area (Å²) in [5.41, 5.74) is 0.537. The molecule has 3 nitrogen and oxygen atoms in total. The first-order valence-corrected chi connectivity index (χ1v) is 7.43. The fourth-order valence-electron chi connectivity index (χ4n) is 2.41. The van der Waals surface area contributed by atoms with E-state index in [2.05, 4.69) is 6.92 Å². The van der Waals surface area contributed by atoms with Crippen molar-refractivity contribution in [1.82, 2.24) is 4.90 Å². The van der Waals surface area contributed by atoms with Crippen molar-refractivity contribution in [2.45, 2.75) is 46.1 Å². The lowest BCUT2D eigenvalue weighted by Crippen LogP contribution is -2.37. The van der Waals surface area contributed by atoms with E-state index >= 15 is 0 Å². The van der Waals surface area contributed by atoms with Gasteiger partial charge in [-0.1, -0.05) is 6.92 Å². The molecule has 0 spiro atoms. The van der Waals surface area contributed by atoms with Gasteiger partial charge in [-0.25, -0.2) is 0 Å². The van der Waals surface area contributed by atoms with Crippen LogP contribution in [0.1, 0.15) is 50.9 Å². The number of likely N-dealkylation sites (tertiary alicyclic amines) is 1. The van der Waals surface area contributed by atoms with Crippen molar-refractivity contribution in [2.75, 3.05) is 13.1 Å². The number of carbonyl (C=O) groups is 1. The average molecular weight is 275 g/mol. The molecule has 1 aliphatic rings. The standard InChI is InChI=1S/C17H25NO2/c1-13-9-11-18(12-10-13)16(19)14-5-7-15(8-6-14)20-17(2,3)4/h5-8,13H,9-12H2,1-4H3. The molecule has 0 aromatic heterocycles. The van der Waals surface area contributed by atoms with E-state index in [4.69, 9.17) is 4.74 Å². The van der Waals surface area contributed by atoms with E-state index in [0.717, 1.165) is 43.2 Å². The highest BCUT2D eigenvalue weighted by atomic mass is 16.5. The monoisotopic (exact) mass is 275 g/mol. The van der Waals surface area contributed by atoms with Crippen LogP contribution in [-0.2, 0) is 0 Å². The second kappa shape index (κ2) is 5.86. The highest BCUT2D eigenvalue weighted by Crippen LogP contribution is 2.21. The fourth-order valence-corrected chi connectivity index (χ4v) is 2.41. The molecular weight excluding hydrogens is 250 g/mol. The van der Waals surface area contributed by atoms with Crippen molar-refractivity contribution in [1.29, 1.82) is 0 Å². The smallest absolute Gasteiger partial charge is 0.253 e. The molecule has 1 aliphatic heterocycles. The highest BCUT2D eigenvalue weighted by Gasteiger charge is 2.21. The Morgan fingerprint density at radius 1 is 1.15 bits per heavy atom. The number of ether oxygens (including phenoxy) is 1. The predicted molar refractivity (Wildman–Crippen MR) is 81.1 cm³/mol. The molecule has 0 aliphatic carbocycles. The SMILES string of the molecule is CC1CCN(C(=O)c2ccc(OC(C)(C)C)cc2)CC1. The van der Waals surface area contributed by atoms with Crippen LogP contribution < -0.4 is 4.74 Å². The van der Waals surface area contributed by atoms with Gasteiger partial charge in [-0.2, -0.15) is 0 Å². The molecule has 0 N–H and O–H groups in total. The third-order valence-electron chi connectivity index (χ3n) is 3.60. The van der Waals surface area contributed by atoms with Crippen LogP contribution in [0.25, 0.3) is 0 Å². The Labute approximate surface area is 121 Å². The van der Waals surface area contributed by atoms with Gasteiger partial charge in [0.15, 0.2) is 0 Å². The summed E-state index contributed by atoms with van der Waals surface area (Å²) >= 11 is 0. The van der Waals surface area contributed by atoms with E-state index in [-0.39, 0.29) is 11.5 Å². The summed E-state index contributed by atoms with van der Waals surface area (Å²) < 4.78 is 5.77. The summed E-state index contributed by atoms with van der Waals surface area (Å²) in [4.78, 5) is 14.3. The van der Waals surface area contributed by atoms with E-state index in [1.165, 1.54) is 0 Å². The van der Waals surface area contributed by atoms with E-state index < -0.39 is 0 Å². The highest BCUT2D eigenvalue weighted by molar-refractivity contribution is 5.94. The van der Waals surface area contributed by atoms with Gasteiger partial charge in [-0.05, 0) is 63.8 Å². The van der Waals surface area contributed by atoms with Crippen molar-refractivity contribution >= 4 is 5.91 Å². The topological polar surface area (TPSA) is 29.5 Å². The molecule has 1 amide bonds. The fraction of sp³-hybridized carbons (Fsp3) is 0.588. The van der Waals surface area contributed by atoms with Crippen LogP contribution in [0, 0.1) is 5.92 Å². The summed E-state index contributed by atoms with van der Waals surface area (Å²) in [5, 5.41) is 0. The van der Waals surface area contributed by atoms with Crippen LogP contribution in [-0.4, -0.2) is 29.5 Å². The summed E-state index contributed by atoms with van der Waals surface area (Å²) in [6.07, 6.45) is 2.22. The molecule has 1 saturated heterocycles. The molecule has 1 fully saturated rings. The van der Waals surface area contributed by atoms with Gasteiger partial charge in [0.25, 0.3) is 5.91 Å². The lowest BCUT2D eigenvalue weighted by atomic mass is 9.98. The van der Waals surface area contributed by atoms with Crippen molar-refractivity contribution in [2.24, 2.45) is 5.92 Å². The van der Waals surface area contributed by atoms with Gasteiger partial charge < -0.3 is 9.64 Å². The van der Waals surface area contributed by atoms with Gasteiger partial charge in [0.1, 0.15) is 11.4 Å². The van der Waals surface area contributed by atoms with Crippen molar-refractivity contribution in [3.05, 3.63) is 29.8 Å². The van der Waals surface area contributed by atoms with Crippen molar-refractivity contribution < 1.29 is 9.53 Å².